The van der Waals surface area contributed by atoms with E-state index in [0.717, 1.165) is 0 Å². The van der Waals surface area contributed by atoms with Crippen LogP contribution in [0.3, 0.4) is 0 Å². The average Bonchev–Trinajstić information content (AvgIpc) is 2.28. The Morgan fingerprint density at radius 2 is 1.76 bits per heavy atom. The first-order valence-corrected chi connectivity index (χ1v) is 5.86. The Morgan fingerprint density at radius 1 is 1.18 bits per heavy atom. The Hall–Kier alpha value is -1.06. The van der Waals surface area contributed by atoms with E-state index in [1.807, 2.05) is 0 Å². The number of hydrogen-bond acceptors (Lipinski definition) is 3. The normalized spacial score (nSPS) is 10.1. The fourth-order valence-electron chi connectivity index (χ4n) is 1.38. The van der Waals surface area contributed by atoms with Crippen molar-refractivity contribution in [3.05, 3.63) is 33.8 Å². The molecule has 0 atom stereocenters. The lowest BCUT2D eigenvalue weighted by atomic mass is 10.1. The van der Waals surface area contributed by atoms with E-state index >= 15 is 0 Å². The van der Waals surface area contributed by atoms with Crippen LogP contribution >= 0.6 is 23.2 Å². The van der Waals surface area contributed by atoms with E-state index in [2.05, 4.69) is 4.74 Å². The van der Waals surface area contributed by atoms with Gasteiger partial charge >= 0.3 is 5.97 Å². The molecule has 0 aliphatic rings. The van der Waals surface area contributed by atoms with Crippen LogP contribution in [0.25, 0.3) is 0 Å². The zero-order chi connectivity index (χ0) is 12.8. The van der Waals surface area contributed by atoms with Gasteiger partial charge in [-0.1, -0.05) is 29.3 Å². The first kappa shape index (κ1) is 14.0. The zero-order valence-electron chi connectivity index (χ0n) is 9.33. The second-order valence-electron chi connectivity index (χ2n) is 3.45. The van der Waals surface area contributed by atoms with Crippen molar-refractivity contribution in [1.82, 2.24) is 0 Å². The first-order valence-electron chi connectivity index (χ1n) is 5.10. The van der Waals surface area contributed by atoms with Crippen LogP contribution in [-0.2, 0) is 9.53 Å². The maximum Gasteiger partial charge on any atom is 0.305 e. The zero-order valence-corrected chi connectivity index (χ0v) is 10.8. The number of rotatable bonds is 5. The number of hydrogen-bond donors (Lipinski definition) is 0. The monoisotopic (exact) mass is 274 g/mol. The van der Waals surface area contributed by atoms with Crippen LogP contribution in [-0.4, -0.2) is 18.9 Å². The van der Waals surface area contributed by atoms with Crippen LogP contribution in [0.4, 0.5) is 0 Å². The summed E-state index contributed by atoms with van der Waals surface area (Å²) in [4.78, 5) is 22.7. The van der Waals surface area contributed by atoms with Crippen LogP contribution < -0.4 is 0 Å². The Kier molecular flexibility index (Phi) is 5.45. The molecular weight excluding hydrogens is 263 g/mol. The largest absolute Gasteiger partial charge is 0.469 e. The van der Waals surface area contributed by atoms with Crippen molar-refractivity contribution in [3.63, 3.8) is 0 Å². The molecule has 0 saturated heterocycles. The number of esters is 1. The molecule has 0 heterocycles. The highest BCUT2D eigenvalue weighted by atomic mass is 35.5. The number of carbonyl (C=O) groups excluding carboxylic acids is 2. The third-order valence-electron chi connectivity index (χ3n) is 2.25. The molecule has 0 spiro atoms. The van der Waals surface area contributed by atoms with Crippen LogP contribution in [0.5, 0.6) is 0 Å². The van der Waals surface area contributed by atoms with Crippen molar-refractivity contribution in [2.75, 3.05) is 7.11 Å². The van der Waals surface area contributed by atoms with Gasteiger partial charge in [0.05, 0.1) is 22.7 Å². The summed E-state index contributed by atoms with van der Waals surface area (Å²) in [6.07, 6.45) is 0.857. The van der Waals surface area contributed by atoms with Crippen LogP contribution in [0, 0.1) is 0 Å². The molecular formula is C12H12Cl2O3. The summed E-state index contributed by atoms with van der Waals surface area (Å²) in [5.41, 5.74) is 0.320. The van der Waals surface area contributed by atoms with E-state index in [9.17, 15) is 9.59 Å². The van der Waals surface area contributed by atoms with Crippen molar-refractivity contribution in [1.29, 1.82) is 0 Å². The van der Waals surface area contributed by atoms with Crippen molar-refractivity contribution < 1.29 is 14.3 Å². The van der Waals surface area contributed by atoms with Gasteiger partial charge in [0, 0.05) is 12.8 Å². The van der Waals surface area contributed by atoms with Crippen molar-refractivity contribution in [3.8, 4) is 0 Å². The van der Waals surface area contributed by atoms with Crippen molar-refractivity contribution in [2.45, 2.75) is 19.3 Å². The van der Waals surface area contributed by atoms with E-state index in [-0.39, 0.29) is 24.6 Å². The van der Waals surface area contributed by atoms with E-state index in [0.29, 0.717) is 22.0 Å². The van der Waals surface area contributed by atoms with Gasteiger partial charge in [-0.05, 0) is 18.6 Å². The SMILES string of the molecule is COC(=O)CCCC(=O)c1c(Cl)cccc1Cl. The van der Waals surface area contributed by atoms with E-state index in [1.54, 1.807) is 18.2 Å². The highest BCUT2D eigenvalue weighted by Crippen LogP contribution is 2.26. The second kappa shape index (κ2) is 6.62. The minimum absolute atomic E-state index is 0.162. The summed E-state index contributed by atoms with van der Waals surface area (Å²) < 4.78 is 4.48. The lowest BCUT2D eigenvalue weighted by Crippen LogP contribution is -2.04. The lowest BCUT2D eigenvalue weighted by Gasteiger charge is -2.05. The number of halogens is 2. The van der Waals surface area contributed by atoms with Gasteiger partial charge in [0.25, 0.3) is 0 Å². The molecule has 17 heavy (non-hydrogen) atoms. The van der Waals surface area contributed by atoms with Crippen LogP contribution in [0.2, 0.25) is 10.0 Å². The standard InChI is InChI=1S/C12H12Cl2O3/c1-17-11(16)7-3-6-10(15)12-8(13)4-2-5-9(12)14/h2,4-5H,3,6-7H2,1H3. The van der Waals surface area contributed by atoms with Gasteiger partial charge in [-0.2, -0.15) is 0 Å². The number of ether oxygens (including phenoxy) is 1. The molecule has 0 N–H and O–H groups in total. The fraction of sp³-hybridized carbons (Fsp3) is 0.333. The lowest BCUT2D eigenvalue weighted by molar-refractivity contribution is -0.140. The summed E-state index contributed by atoms with van der Waals surface area (Å²) in [6.45, 7) is 0. The molecule has 0 amide bonds. The molecule has 92 valence electrons. The average molecular weight is 275 g/mol. The van der Waals surface area contributed by atoms with Crippen LogP contribution in [0.1, 0.15) is 29.6 Å². The molecule has 0 unspecified atom stereocenters. The predicted octanol–water partition coefficient (Wildman–Crippen LogP) is 3.52. The minimum atomic E-state index is -0.331. The summed E-state index contributed by atoms with van der Waals surface area (Å²) in [5.74, 6) is -0.493. The number of carbonyl (C=O) groups is 2. The predicted molar refractivity (Wildman–Crippen MR) is 66.7 cm³/mol. The topological polar surface area (TPSA) is 43.4 Å². The van der Waals surface area contributed by atoms with Gasteiger partial charge in [0.2, 0.25) is 0 Å². The maximum atomic E-state index is 11.8. The number of ketones is 1. The highest BCUT2D eigenvalue weighted by molar-refractivity contribution is 6.39. The number of methoxy groups -OCH3 is 1. The summed E-state index contributed by atoms with van der Waals surface area (Å²) in [6, 6.07) is 4.90. The quantitative estimate of drug-likeness (QED) is 0.610. The Morgan fingerprint density at radius 3 is 2.29 bits per heavy atom. The number of benzene rings is 1. The molecule has 5 heteroatoms. The van der Waals surface area contributed by atoms with E-state index < -0.39 is 0 Å². The summed E-state index contributed by atoms with van der Waals surface area (Å²) in [7, 11) is 1.31. The van der Waals surface area contributed by atoms with Crippen molar-refractivity contribution >= 4 is 35.0 Å². The van der Waals surface area contributed by atoms with E-state index in [1.165, 1.54) is 7.11 Å². The summed E-state index contributed by atoms with van der Waals surface area (Å²) in [5, 5.41) is 0.668. The second-order valence-corrected chi connectivity index (χ2v) is 4.26. The Bertz CT molecular complexity index is 410. The van der Waals surface area contributed by atoms with Crippen LogP contribution in [0.15, 0.2) is 18.2 Å². The number of Topliss-reactive ketones (excluding diaryl/α,β-unsaturated/α-hetero) is 1. The van der Waals surface area contributed by atoms with Crippen molar-refractivity contribution in [2.24, 2.45) is 0 Å². The molecule has 0 aliphatic carbocycles. The third-order valence-corrected chi connectivity index (χ3v) is 2.88. The molecule has 1 aromatic rings. The van der Waals surface area contributed by atoms with E-state index in [4.69, 9.17) is 23.2 Å². The molecule has 0 aromatic heterocycles. The summed E-state index contributed by atoms with van der Waals surface area (Å²) >= 11 is 11.8. The van der Waals surface area contributed by atoms with Gasteiger partial charge in [0.1, 0.15) is 0 Å². The van der Waals surface area contributed by atoms with Gasteiger partial charge in [-0.25, -0.2) is 0 Å². The smallest absolute Gasteiger partial charge is 0.305 e. The molecule has 0 radical (unpaired) electrons. The Labute approximate surface area is 110 Å². The fourth-order valence-corrected chi connectivity index (χ4v) is 1.99. The first-order chi connectivity index (χ1) is 8.06. The Balaban J connectivity index is 2.61. The van der Waals surface area contributed by atoms with Gasteiger partial charge < -0.3 is 4.74 Å². The third kappa shape index (κ3) is 4.02. The molecule has 3 nitrogen and oxygen atoms in total. The molecule has 1 aromatic carbocycles. The highest BCUT2D eigenvalue weighted by Gasteiger charge is 2.14. The van der Waals surface area contributed by atoms with Gasteiger partial charge in [0.15, 0.2) is 5.78 Å². The van der Waals surface area contributed by atoms with Gasteiger partial charge in [-0.15, -0.1) is 0 Å². The van der Waals surface area contributed by atoms with Gasteiger partial charge in [-0.3, -0.25) is 9.59 Å². The minimum Gasteiger partial charge on any atom is -0.469 e. The molecule has 0 aliphatic heterocycles. The molecule has 1 rings (SSSR count). The molecule has 0 saturated carbocycles. The maximum absolute atomic E-state index is 11.8. The molecule has 0 bridgehead atoms. The molecule has 0 fully saturated rings.